The highest BCUT2D eigenvalue weighted by molar-refractivity contribution is 6.30. The van der Waals surface area contributed by atoms with Crippen LogP contribution in [0.25, 0.3) is 0 Å². The number of benzene rings is 3. The lowest BCUT2D eigenvalue weighted by Gasteiger charge is -2.12. The summed E-state index contributed by atoms with van der Waals surface area (Å²) < 4.78 is 5.78. The smallest absolute Gasteiger partial charge is 0.273 e. The minimum absolute atomic E-state index is 0.340. The highest BCUT2D eigenvalue weighted by atomic mass is 35.5. The molecule has 2 N–H and O–H groups in total. The summed E-state index contributed by atoms with van der Waals surface area (Å²) in [6.45, 7) is 0.436. The van der Waals surface area contributed by atoms with Crippen molar-refractivity contribution in [1.29, 1.82) is 0 Å². The van der Waals surface area contributed by atoms with Gasteiger partial charge < -0.3 is 4.74 Å². The number of halogens is 1. The standard InChI is InChI=1S/C22H19ClN2O3/c23-18-12-10-17(11-13-18)21(26)24-25-22(27)19-8-4-5-9-20(19)28-15-14-16-6-2-1-3-7-16/h1-13H,14-15H2,(H,24,26)(H,25,27). The molecule has 0 heterocycles. The van der Waals surface area contributed by atoms with Gasteiger partial charge in [-0.1, -0.05) is 54.1 Å². The second-order valence-corrected chi connectivity index (χ2v) is 6.43. The molecule has 0 saturated heterocycles. The quantitative estimate of drug-likeness (QED) is 0.620. The summed E-state index contributed by atoms with van der Waals surface area (Å²) in [6.07, 6.45) is 0.726. The third-order valence-corrected chi connectivity index (χ3v) is 4.27. The summed E-state index contributed by atoms with van der Waals surface area (Å²) in [4.78, 5) is 24.6. The fourth-order valence-corrected chi connectivity index (χ4v) is 2.68. The van der Waals surface area contributed by atoms with E-state index in [-0.39, 0.29) is 0 Å². The summed E-state index contributed by atoms with van der Waals surface area (Å²) in [5.74, 6) is -0.443. The van der Waals surface area contributed by atoms with Crippen LogP contribution in [0.5, 0.6) is 5.75 Å². The van der Waals surface area contributed by atoms with Gasteiger partial charge in [-0.25, -0.2) is 0 Å². The molecule has 2 amide bonds. The molecule has 0 unspecified atom stereocenters. The Morgan fingerprint density at radius 2 is 1.43 bits per heavy atom. The second-order valence-electron chi connectivity index (χ2n) is 6.00. The monoisotopic (exact) mass is 394 g/mol. The number of ether oxygens (including phenoxy) is 1. The van der Waals surface area contributed by atoms with Gasteiger partial charge in [0.15, 0.2) is 0 Å². The number of para-hydroxylation sites is 1. The van der Waals surface area contributed by atoms with Crippen molar-refractivity contribution in [3.05, 3.63) is 101 Å². The molecule has 5 nitrogen and oxygen atoms in total. The van der Waals surface area contributed by atoms with Crippen molar-refractivity contribution in [3.63, 3.8) is 0 Å². The lowest BCUT2D eigenvalue weighted by Crippen LogP contribution is -2.41. The maximum atomic E-state index is 12.5. The van der Waals surface area contributed by atoms with E-state index in [4.69, 9.17) is 16.3 Å². The Morgan fingerprint density at radius 3 is 2.18 bits per heavy atom. The first-order valence-electron chi connectivity index (χ1n) is 8.75. The summed E-state index contributed by atoms with van der Waals surface area (Å²) in [7, 11) is 0. The van der Waals surface area contributed by atoms with Gasteiger partial charge in [0, 0.05) is 17.0 Å². The Balaban J connectivity index is 1.57. The van der Waals surface area contributed by atoms with Crippen molar-refractivity contribution >= 4 is 23.4 Å². The average Bonchev–Trinajstić information content (AvgIpc) is 2.73. The molecule has 0 aliphatic carbocycles. The van der Waals surface area contributed by atoms with Gasteiger partial charge in [-0.05, 0) is 42.0 Å². The Kier molecular flexibility index (Phi) is 6.65. The lowest BCUT2D eigenvalue weighted by atomic mass is 10.1. The van der Waals surface area contributed by atoms with E-state index in [0.717, 1.165) is 12.0 Å². The van der Waals surface area contributed by atoms with Crippen molar-refractivity contribution in [3.8, 4) is 5.75 Å². The van der Waals surface area contributed by atoms with Crippen molar-refractivity contribution in [1.82, 2.24) is 10.9 Å². The van der Waals surface area contributed by atoms with E-state index < -0.39 is 11.8 Å². The number of carbonyl (C=O) groups excluding carboxylic acids is 2. The molecule has 0 saturated carbocycles. The molecule has 3 rings (SSSR count). The predicted molar refractivity (Wildman–Crippen MR) is 108 cm³/mol. The van der Waals surface area contributed by atoms with Gasteiger partial charge in [0.1, 0.15) is 5.75 Å². The molecule has 3 aromatic rings. The van der Waals surface area contributed by atoms with Crippen LogP contribution in [0.1, 0.15) is 26.3 Å². The van der Waals surface area contributed by atoms with Gasteiger partial charge >= 0.3 is 0 Å². The molecule has 0 atom stereocenters. The molecule has 142 valence electrons. The third-order valence-electron chi connectivity index (χ3n) is 4.02. The first-order chi connectivity index (χ1) is 13.6. The van der Waals surface area contributed by atoms with Gasteiger partial charge in [-0.15, -0.1) is 0 Å². The van der Waals surface area contributed by atoms with Gasteiger partial charge in [0.25, 0.3) is 11.8 Å². The Hall–Kier alpha value is -3.31. The van der Waals surface area contributed by atoms with Gasteiger partial charge in [0.2, 0.25) is 0 Å². The van der Waals surface area contributed by atoms with Gasteiger partial charge in [-0.2, -0.15) is 0 Å². The molecule has 0 aliphatic heterocycles. The van der Waals surface area contributed by atoms with Crippen LogP contribution >= 0.6 is 11.6 Å². The Bertz CT molecular complexity index is 944. The van der Waals surface area contributed by atoms with Crippen LogP contribution in [0.4, 0.5) is 0 Å². The zero-order valence-electron chi connectivity index (χ0n) is 15.0. The fraction of sp³-hybridized carbons (Fsp3) is 0.0909. The van der Waals surface area contributed by atoms with Crippen LogP contribution in [0.15, 0.2) is 78.9 Å². The third kappa shape index (κ3) is 5.34. The second kappa shape index (κ2) is 9.58. The lowest BCUT2D eigenvalue weighted by molar-refractivity contribution is 0.0844. The minimum Gasteiger partial charge on any atom is -0.492 e. The van der Waals surface area contributed by atoms with Crippen molar-refractivity contribution in [2.75, 3.05) is 6.61 Å². The van der Waals surface area contributed by atoms with Gasteiger partial charge in [0.05, 0.1) is 12.2 Å². The molecule has 0 fully saturated rings. The van der Waals surface area contributed by atoms with Crippen LogP contribution in [-0.4, -0.2) is 18.4 Å². The minimum atomic E-state index is -0.461. The normalized spacial score (nSPS) is 10.2. The molecule has 0 spiro atoms. The molecule has 6 heteroatoms. The zero-order chi connectivity index (χ0) is 19.8. The van der Waals surface area contributed by atoms with Crippen molar-refractivity contribution in [2.24, 2.45) is 0 Å². The molecule has 0 aromatic heterocycles. The largest absolute Gasteiger partial charge is 0.492 e. The fourth-order valence-electron chi connectivity index (χ4n) is 2.56. The highest BCUT2D eigenvalue weighted by Crippen LogP contribution is 2.18. The van der Waals surface area contributed by atoms with E-state index in [0.29, 0.717) is 28.5 Å². The Labute approximate surface area is 168 Å². The van der Waals surface area contributed by atoms with E-state index in [9.17, 15) is 9.59 Å². The number of rotatable bonds is 6. The maximum absolute atomic E-state index is 12.5. The zero-order valence-corrected chi connectivity index (χ0v) is 15.8. The number of amides is 2. The van der Waals surface area contributed by atoms with Crippen LogP contribution in [0.3, 0.4) is 0 Å². The number of hydrazine groups is 1. The summed E-state index contributed by atoms with van der Waals surface area (Å²) >= 11 is 5.81. The molecule has 0 aliphatic rings. The molecular formula is C22H19ClN2O3. The predicted octanol–water partition coefficient (Wildman–Crippen LogP) is 4.04. The maximum Gasteiger partial charge on any atom is 0.273 e. The van der Waals surface area contributed by atoms with E-state index in [2.05, 4.69) is 10.9 Å². The molecule has 0 bridgehead atoms. The van der Waals surface area contributed by atoms with Crippen molar-refractivity contribution < 1.29 is 14.3 Å². The van der Waals surface area contributed by atoms with Gasteiger partial charge in [-0.3, -0.25) is 20.4 Å². The average molecular weight is 395 g/mol. The highest BCUT2D eigenvalue weighted by Gasteiger charge is 2.13. The number of carbonyl (C=O) groups is 2. The topological polar surface area (TPSA) is 67.4 Å². The van der Waals surface area contributed by atoms with Crippen LogP contribution < -0.4 is 15.6 Å². The van der Waals surface area contributed by atoms with Crippen LogP contribution in [0.2, 0.25) is 5.02 Å². The SMILES string of the molecule is O=C(NNC(=O)c1ccccc1OCCc1ccccc1)c1ccc(Cl)cc1. The van der Waals surface area contributed by atoms with E-state index in [1.807, 2.05) is 30.3 Å². The summed E-state index contributed by atoms with van der Waals surface area (Å²) in [5, 5.41) is 0.530. The molecule has 28 heavy (non-hydrogen) atoms. The molecule has 3 aromatic carbocycles. The van der Waals surface area contributed by atoms with E-state index >= 15 is 0 Å². The van der Waals surface area contributed by atoms with Crippen molar-refractivity contribution in [2.45, 2.75) is 6.42 Å². The number of hydrogen-bond acceptors (Lipinski definition) is 3. The first-order valence-corrected chi connectivity index (χ1v) is 9.13. The van der Waals surface area contributed by atoms with E-state index in [1.54, 1.807) is 48.5 Å². The molecule has 0 radical (unpaired) electrons. The first kappa shape index (κ1) is 19.5. The Morgan fingerprint density at radius 1 is 0.786 bits per heavy atom. The number of hydrogen-bond donors (Lipinski definition) is 2. The summed E-state index contributed by atoms with van der Waals surface area (Å²) in [5.41, 5.74) is 6.68. The summed E-state index contributed by atoms with van der Waals surface area (Å²) in [6, 6.07) is 23.2. The van der Waals surface area contributed by atoms with Crippen LogP contribution in [-0.2, 0) is 6.42 Å². The number of nitrogens with one attached hydrogen (secondary N) is 2. The molecular weight excluding hydrogens is 376 g/mol. The van der Waals surface area contributed by atoms with Crippen LogP contribution in [0, 0.1) is 0 Å². The van der Waals surface area contributed by atoms with E-state index in [1.165, 1.54) is 0 Å².